The fourth-order valence-corrected chi connectivity index (χ4v) is 3.22. The molecule has 2 aromatic carbocycles. The van der Waals surface area contributed by atoms with Crippen LogP contribution in [0.25, 0.3) is 0 Å². The Balaban J connectivity index is 1.64. The summed E-state index contributed by atoms with van der Waals surface area (Å²) in [4.78, 5) is 17.7. The van der Waals surface area contributed by atoms with E-state index in [9.17, 15) is 4.79 Å². The van der Waals surface area contributed by atoms with Gasteiger partial charge in [0.2, 0.25) is 5.91 Å². The van der Waals surface area contributed by atoms with Gasteiger partial charge in [0.25, 0.3) is 0 Å². The summed E-state index contributed by atoms with van der Waals surface area (Å²) in [6, 6.07) is 15.5. The number of hydrogen-bond acceptors (Lipinski definition) is 4. The Labute approximate surface area is 133 Å². The van der Waals surface area contributed by atoms with Gasteiger partial charge in [-0.1, -0.05) is 30.3 Å². The number of thioether (sulfide) groups is 1. The van der Waals surface area contributed by atoms with Crippen LogP contribution in [-0.4, -0.2) is 24.5 Å². The molecule has 3 rings (SSSR count). The number of nitrogens with zero attached hydrogens (tertiary/aromatic N) is 1. The maximum atomic E-state index is 12.3. The van der Waals surface area contributed by atoms with Crippen molar-refractivity contribution in [2.75, 3.05) is 7.11 Å². The number of para-hydroxylation sites is 2. The van der Waals surface area contributed by atoms with E-state index in [-0.39, 0.29) is 11.2 Å². The quantitative estimate of drug-likeness (QED) is 0.943. The number of carbonyl (C=O) groups excluding carboxylic acids is 1. The van der Waals surface area contributed by atoms with Crippen LogP contribution in [-0.2, 0) is 11.3 Å². The van der Waals surface area contributed by atoms with Crippen LogP contribution in [0.4, 0.5) is 5.69 Å². The van der Waals surface area contributed by atoms with Gasteiger partial charge in [-0.2, -0.15) is 0 Å². The number of hydrogen-bond donors (Lipinski definition) is 1. The predicted molar refractivity (Wildman–Crippen MR) is 89.1 cm³/mol. The summed E-state index contributed by atoms with van der Waals surface area (Å²) in [6.45, 7) is 0.440. The van der Waals surface area contributed by atoms with E-state index in [1.807, 2.05) is 48.5 Å². The molecule has 22 heavy (non-hydrogen) atoms. The molecule has 0 saturated heterocycles. The van der Waals surface area contributed by atoms with Gasteiger partial charge in [-0.15, -0.1) is 11.8 Å². The highest BCUT2D eigenvalue weighted by Crippen LogP contribution is 2.35. The second-order valence-corrected chi connectivity index (χ2v) is 6.00. The van der Waals surface area contributed by atoms with Crippen molar-refractivity contribution >= 4 is 29.6 Å². The molecule has 0 bridgehead atoms. The zero-order valence-corrected chi connectivity index (χ0v) is 13.0. The average molecular weight is 312 g/mol. The average Bonchev–Trinajstić information content (AvgIpc) is 2.59. The summed E-state index contributed by atoms with van der Waals surface area (Å²) in [5.74, 6) is 0.729. The smallest absolute Gasteiger partial charge is 0.239 e. The van der Waals surface area contributed by atoms with Crippen LogP contribution in [0.15, 0.2) is 58.4 Å². The van der Waals surface area contributed by atoms with Gasteiger partial charge in [0.15, 0.2) is 0 Å². The molecular formula is C17H16N2O2S. The third-order valence-corrected chi connectivity index (χ3v) is 4.56. The lowest BCUT2D eigenvalue weighted by Crippen LogP contribution is -2.33. The molecule has 0 saturated carbocycles. The van der Waals surface area contributed by atoms with Gasteiger partial charge in [0.05, 0.1) is 12.8 Å². The van der Waals surface area contributed by atoms with Crippen molar-refractivity contribution in [1.29, 1.82) is 0 Å². The van der Waals surface area contributed by atoms with Crippen LogP contribution in [0.1, 0.15) is 5.56 Å². The first-order chi connectivity index (χ1) is 10.8. The van der Waals surface area contributed by atoms with Crippen molar-refractivity contribution < 1.29 is 9.53 Å². The van der Waals surface area contributed by atoms with Crippen LogP contribution < -0.4 is 10.1 Å². The highest BCUT2D eigenvalue weighted by Gasteiger charge is 2.22. The molecule has 1 aliphatic rings. The lowest BCUT2D eigenvalue weighted by Gasteiger charge is -2.18. The van der Waals surface area contributed by atoms with E-state index in [4.69, 9.17) is 4.74 Å². The molecular weight excluding hydrogens is 296 g/mol. The van der Waals surface area contributed by atoms with Gasteiger partial charge < -0.3 is 10.1 Å². The Kier molecular flexibility index (Phi) is 4.44. The topological polar surface area (TPSA) is 50.7 Å². The fraction of sp³-hybridized carbons (Fsp3) is 0.176. The van der Waals surface area contributed by atoms with E-state index < -0.39 is 0 Å². The number of aliphatic imine (C=N–C) groups is 1. The van der Waals surface area contributed by atoms with Crippen LogP contribution in [0.5, 0.6) is 5.75 Å². The molecule has 0 aliphatic carbocycles. The third-order valence-electron chi connectivity index (χ3n) is 3.37. The van der Waals surface area contributed by atoms with Crippen molar-refractivity contribution in [3.8, 4) is 5.75 Å². The summed E-state index contributed by atoms with van der Waals surface area (Å²) in [7, 11) is 1.63. The summed E-state index contributed by atoms with van der Waals surface area (Å²) in [5, 5.41) is 2.64. The minimum atomic E-state index is -0.301. The number of carbonyl (C=O) groups is 1. The number of benzene rings is 2. The minimum Gasteiger partial charge on any atom is -0.496 e. The van der Waals surface area contributed by atoms with E-state index >= 15 is 0 Å². The van der Waals surface area contributed by atoms with Gasteiger partial charge in [-0.3, -0.25) is 9.79 Å². The minimum absolute atomic E-state index is 0.0471. The summed E-state index contributed by atoms with van der Waals surface area (Å²) < 4.78 is 5.29. The molecule has 2 aromatic rings. The van der Waals surface area contributed by atoms with Crippen LogP contribution >= 0.6 is 11.8 Å². The third kappa shape index (κ3) is 3.14. The Morgan fingerprint density at radius 1 is 1.23 bits per heavy atom. The molecule has 112 valence electrons. The van der Waals surface area contributed by atoms with E-state index in [0.29, 0.717) is 6.54 Å². The van der Waals surface area contributed by atoms with Crippen LogP contribution in [0, 0.1) is 0 Å². The lowest BCUT2D eigenvalue weighted by atomic mass is 10.2. The number of nitrogens with one attached hydrogen (secondary N) is 1. The Hall–Kier alpha value is -2.27. The Morgan fingerprint density at radius 3 is 2.86 bits per heavy atom. The first-order valence-corrected chi connectivity index (χ1v) is 7.85. The van der Waals surface area contributed by atoms with E-state index in [2.05, 4.69) is 10.3 Å². The van der Waals surface area contributed by atoms with Gasteiger partial charge in [-0.25, -0.2) is 0 Å². The SMILES string of the molecule is COc1ccccc1CNC(=O)C1C=Nc2ccccc2S1. The molecule has 4 nitrogen and oxygen atoms in total. The molecule has 5 heteroatoms. The number of amides is 1. The van der Waals surface area contributed by atoms with Crippen molar-refractivity contribution in [2.24, 2.45) is 4.99 Å². The molecule has 0 spiro atoms. The number of ether oxygens (including phenoxy) is 1. The molecule has 1 N–H and O–H groups in total. The fourth-order valence-electron chi connectivity index (χ4n) is 2.23. The van der Waals surface area contributed by atoms with Crippen molar-refractivity contribution in [3.05, 3.63) is 54.1 Å². The monoisotopic (exact) mass is 312 g/mol. The largest absolute Gasteiger partial charge is 0.496 e. The standard InChI is InChI=1S/C17H16N2O2S/c1-21-14-8-4-2-6-12(14)10-19-17(20)16-11-18-13-7-3-5-9-15(13)22-16/h2-9,11,16H,10H2,1H3,(H,19,20). The molecule has 1 amide bonds. The zero-order valence-electron chi connectivity index (χ0n) is 12.2. The van der Waals surface area contributed by atoms with Crippen LogP contribution in [0.2, 0.25) is 0 Å². The van der Waals surface area contributed by atoms with Gasteiger partial charge in [0.1, 0.15) is 11.0 Å². The molecule has 0 aromatic heterocycles. The normalized spacial score (nSPS) is 16.0. The van der Waals surface area contributed by atoms with Gasteiger partial charge in [0, 0.05) is 23.2 Å². The van der Waals surface area contributed by atoms with Gasteiger partial charge >= 0.3 is 0 Å². The summed E-state index contributed by atoms with van der Waals surface area (Å²) >= 11 is 1.52. The first-order valence-electron chi connectivity index (χ1n) is 6.97. The second kappa shape index (κ2) is 6.66. The lowest BCUT2D eigenvalue weighted by molar-refractivity contribution is -0.119. The van der Waals surface area contributed by atoms with Crippen LogP contribution in [0.3, 0.4) is 0 Å². The molecule has 0 fully saturated rings. The zero-order chi connectivity index (χ0) is 15.4. The molecule has 1 heterocycles. The van der Waals surface area contributed by atoms with Gasteiger partial charge in [-0.05, 0) is 18.2 Å². The maximum Gasteiger partial charge on any atom is 0.239 e. The molecule has 1 unspecified atom stereocenters. The summed E-state index contributed by atoms with van der Waals surface area (Å²) in [5.41, 5.74) is 1.87. The Bertz CT molecular complexity index is 715. The van der Waals surface area contributed by atoms with E-state index in [1.54, 1.807) is 13.3 Å². The van der Waals surface area contributed by atoms with E-state index in [1.165, 1.54) is 11.8 Å². The Morgan fingerprint density at radius 2 is 2.00 bits per heavy atom. The van der Waals surface area contributed by atoms with E-state index in [0.717, 1.165) is 21.9 Å². The predicted octanol–water partition coefficient (Wildman–Crippen LogP) is 3.19. The van der Waals surface area contributed by atoms with Crippen molar-refractivity contribution in [1.82, 2.24) is 5.32 Å². The first kappa shape index (κ1) is 14.7. The molecule has 0 radical (unpaired) electrons. The summed E-state index contributed by atoms with van der Waals surface area (Å²) in [6.07, 6.45) is 1.70. The maximum absolute atomic E-state index is 12.3. The molecule has 1 atom stereocenters. The molecule has 1 aliphatic heterocycles. The second-order valence-electron chi connectivity index (χ2n) is 4.81. The van der Waals surface area contributed by atoms with Crippen molar-refractivity contribution in [3.63, 3.8) is 0 Å². The number of rotatable bonds is 4. The highest BCUT2D eigenvalue weighted by atomic mass is 32.2. The highest BCUT2D eigenvalue weighted by molar-refractivity contribution is 8.01. The number of fused-ring (bicyclic) bond motifs is 1. The number of methoxy groups -OCH3 is 1. The van der Waals surface area contributed by atoms with Crippen molar-refractivity contribution in [2.45, 2.75) is 16.7 Å².